The number of aromatic nitrogens is 1. The molecule has 6 heteroatoms. The summed E-state index contributed by atoms with van der Waals surface area (Å²) in [4.78, 5) is 4.18. The van der Waals surface area contributed by atoms with Gasteiger partial charge in [0.05, 0.1) is 10.7 Å². The molecule has 1 heterocycles. The number of halogens is 2. The van der Waals surface area contributed by atoms with Crippen LogP contribution in [0.2, 0.25) is 5.02 Å². The van der Waals surface area contributed by atoms with Crippen molar-refractivity contribution in [3.63, 3.8) is 0 Å². The summed E-state index contributed by atoms with van der Waals surface area (Å²) in [7, 11) is 0. The zero-order valence-electron chi connectivity index (χ0n) is 10.1. The molecule has 0 aliphatic heterocycles. The van der Waals surface area contributed by atoms with Crippen molar-refractivity contribution in [3.05, 3.63) is 51.6 Å². The van der Waals surface area contributed by atoms with Crippen LogP contribution >= 0.6 is 39.7 Å². The Morgan fingerprint density at radius 2 is 2.05 bits per heavy atom. The van der Waals surface area contributed by atoms with Crippen LogP contribution in [0.15, 0.2) is 41.0 Å². The van der Waals surface area contributed by atoms with Crippen LogP contribution in [-0.2, 0) is 0 Å². The van der Waals surface area contributed by atoms with Crippen LogP contribution < -0.4 is 10.6 Å². The lowest BCUT2D eigenvalue weighted by Crippen LogP contribution is -2.19. The van der Waals surface area contributed by atoms with Crippen LogP contribution in [0.4, 0.5) is 11.5 Å². The fourth-order valence-corrected chi connectivity index (χ4v) is 2.40. The van der Waals surface area contributed by atoms with Crippen molar-refractivity contribution in [1.82, 2.24) is 4.98 Å². The van der Waals surface area contributed by atoms with Gasteiger partial charge in [-0.25, -0.2) is 4.98 Å². The number of thiocarbonyl (C=S) groups is 1. The van der Waals surface area contributed by atoms with Crippen LogP contribution in [0.1, 0.15) is 5.56 Å². The van der Waals surface area contributed by atoms with Gasteiger partial charge in [0.15, 0.2) is 5.11 Å². The third kappa shape index (κ3) is 4.16. The molecule has 0 aliphatic carbocycles. The molecule has 0 amide bonds. The Kier molecular flexibility index (Phi) is 4.74. The molecule has 19 heavy (non-hydrogen) atoms. The average Bonchev–Trinajstić information content (AvgIpc) is 2.33. The van der Waals surface area contributed by atoms with Gasteiger partial charge in [-0.3, -0.25) is 0 Å². The summed E-state index contributed by atoms with van der Waals surface area (Å²) in [5.74, 6) is 0.700. The quantitative estimate of drug-likeness (QED) is 0.770. The van der Waals surface area contributed by atoms with Crippen molar-refractivity contribution < 1.29 is 0 Å². The molecular weight excluding hydrogens is 346 g/mol. The highest BCUT2D eigenvalue weighted by Gasteiger charge is 2.04. The first-order valence-corrected chi connectivity index (χ1v) is 7.08. The molecular formula is C13H11BrClN3S. The predicted molar refractivity (Wildman–Crippen MR) is 88.0 cm³/mol. The third-order valence-electron chi connectivity index (χ3n) is 2.34. The van der Waals surface area contributed by atoms with Crippen molar-refractivity contribution in [1.29, 1.82) is 0 Å². The first kappa shape index (κ1) is 14.2. The van der Waals surface area contributed by atoms with E-state index in [1.165, 1.54) is 0 Å². The Balaban J connectivity index is 2.05. The number of hydrogen-bond donors (Lipinski definition) is 2. The second-order valence-electron chi connectivity index (χ2n) is 3.92. The normalized spacial score (nSPS) is 10.1. The standard InChI is InChI=1S/C13H11BrClN3S/c1-8-4-5-16-12(6-8)18-13(19)17-11-3-2-9(14)7-10(11)15/h2-7H,1H3,(H2,16,17,18,19). The van der Waals surface area contributed by atoms with Gasteiger partial charge in [0.2, 0.25) is 0 Å². The molecule has 0 saturated carbocycles. The van der Waals surface area contributed by atoms with Crippen molar-refractivity contribution >= 4 is 56.4 Å². The Labute approximate surface area is 130 Å². The summed E-state index contributed by atoms with van der Waals surface area (Å²) in [5.41, 5.74) is 1.86. The highest BCUT2D eigenvalue weighted by atomic mass is 79.9. The van der Waals surface area contributed by atoms with Gasteiger partial charge in [-0.05, 0) is 55.0 Å². The van der Waals surface area contributed by atoms with Gasteiger partial charge in [0.1, 0.15) is 5.82 Å². The maximum Gasteiger partial charge on any atom is 0.176 e. The van der Waals surface area contributed by atoms with E-state index in [-0.39, 0.29) is 0 Å². The van der Waals surface area contributed by atoms with Gasteiger partial charge in [-0.1, -0.05) is 27.5 Å². The highest BCUT2D eigenvalue weighted by Crippen LogP contribution is 2.25. The molecule has 98 valence electrons. The molecule has 0 aliphatic rings. The van der Waals surface area contributed by atoms with E-state index in [0.29, 0.717) is 16.0 Å². The summed E-state index contributed by atoms with van der Waals surface area (Å²) < 4.78 is 0.919. The molecule has 0 atom stereocenters. The van der Waals surface area contributed by atoms with E-state index in [4.69, 9.17) is 23.8 Å². The Hall–Kier alpha value is -1.17. The molecule has 1 aromatic heterocycles. The van der Waals surface area contributed by atoms with E-state index in [0.717, 1.165) is 15.7 Å². The Morgan fingerprint density at radius 1 is 1.26 bits per heavy atom. The van der Waals surface area contributed by atoms with Crippen molar-refractivity contribution in [2.45, 2.75) is 6.92 Å². The van der Waals surface area contributed by atoms with Crippen LogP contribution in [0, 0.1) is 6.92 Å². The predicted octanol–water partition coefficient (Wildman–Crippen LogP) is 4.61. The number of aryl methyl sites for hydroxylation is 1. The molecule has 1 aromatic carbocycles. The minimum absolute atomic E-state index is 0.447. The second kappa shape index (κ2) is 6.32. The minimum atomic E-state index is 0.447. The number of rotatable bonds is 2. The van der Waals surface area contributed by atoms with Crippen LogP contribution in [0.5, 0.6) is 0 Å². The number of hydrogen-bond acceptors (Lipinski definition) is 2. The van der Waals surface area contributed by atoms with Gasteiger partial charge in [0, 0.05) is 10.7 Å². The molecule has 0 bridgehead atoms. The van der Waals surface area contributed by atoms with Crippen LogP contribution in [0.25, 0.3) is 0 Å². The summed E-state index contributed by atoms with van der Waals surface area (Å²) in [6.07, 6.45) is 1.73. The van der Waals surface area contributed by atoms with Gasteiger partial charge in [-0.15, -0.1) is 0 Å². The van der Waals surface area contributed by atoms with Crippen molar-refractivity contribution in [2.75, 3.05) is 10.6 Å². The first-order valence-electron chi connectivity index (χ1n) is 5.50. The van der Waals surface area contributed by atoms with E-state index in [9.17, 15) is 0 Å². The molecule has 0 fully saturated rings. The molecule has 3 nitrogen and oxygen atoms in total. The van der Waals surface area contributed by atoms with Crippen LogP contribution in [0.3, 0.4) is 0 Å². The van der Waals surface area contributed by atoms with E-state index in [1.54, 1.807) is 12.3 Å². The van der Waals surface area contributed by atoms with Crippen molar-refractivity contribution in [3.8, 4) is 0 Å². The number of anilines is 2. The smallest absolute Gasteiger partial charge is 0.176 e. The highest BCUT2D eigenvalue weighted by molar-refractivity contribution is 9.10. The molecule has 0 spiro atoms. The number of benzene rings is 1. The van der Waals surface area contributed by atoms with E-state index in [1.807, 2.05) is 31.2 Å². The topological polar surface area (TPSA) is 37.0 Å². The monoisotopic (exact) mass is 355 g/mol. The zero-order valence-corrected chi connectivity index (χ0v) is 13.2. The second-order valence-corrected chi connectivity index (χ2v) is 5.65. The van der Waals surface area contributed by atoms with Crippen LogP contribution in [-0.4, -0.2) is 10.1 Å². The molecule has 2 aromatic rings. The third-order valence-corrected chi connectivity index (χ3v) is 3.35. The largest absolute Gasteiger partial charge is 0.331 e. The average molecular weight is 357 g/mol. The summed E-state index contributed by atoms with van der Waals surface area (Å²) >= 11 is 14.7. The molecule has 0 saturated heterocycles. The van der Waals surface area contributed by atoms with Gasteiger partial charge in [0.25, 0.3) is 0 Å². The van der Waals surface area contributed by atoms with Gasteiger partial charge >= 0.3 is 0 Å². The molecule has 2 N–H and O–H groups in total. The molecule has 0 radical (unpaired) electrons. The summed E-state index contributed by atoms with van der Waals surface area (Å²) in [6, 6.07) is 9.38. The van der Waals surface area contributed by atoms with Gasteiger partial charge < -0.3 is 10.6 Å². The SMILES string of the molecule is Cc1ccnc(NC(=S)Nc2ccc(Br)cc2Cl)c1. The lowest BCUT2D eigenvalue weighted by atomic mass is 10.3. The molecule has 0 unspecified atom stereocenters. The zero-order chi connectivity index (χ0) is 13.8. The lowest BCUT2D eigenvalue weighted by Gasteiger charge is -2.11. The Morgan fingerprint density at radius 3 is 2.74 bits per heavy atom. The fourth-order valence-electron chi connectivity index (χ4n) is 1.47. The lowest BCUT2D eigenvalue weighted by molar-refractivity contribution is 1.28. The van der Waals surface area contributed by atoms with E-state index >= 15 is 0 Å². The molecule has 2 rings (SSSR count). The number of pyridine rings is 1. The summed E-state index contributed by atoms with van der Waals surface area (Å²) in [6.45, 7) is 1.99. The summed E-state index contributed by atoms with van der Waals surface area (Å²) in [5, 5.41) is 7.08. The van der Waals surface area contributed by atoms with E-state index in [2.05, 4.69) is 31.5 Å². The fraction of sp³-hybridized carbons (Fsp3) is 0.0769. The maximum atomic E-state index is 6.11. The van der Waals surface area contributed by atoms with Gasteiger partial charge in [-0.2, -0.15) is 0 Å². The maximum absolute atomic E-state index is 6.11. The minimum Gasteiger partial charge on any atom is -0.331 e. The number of nitrogens with one attached hydrogen (secondary N) is 2. The number of nitrogens with zero attached hydrogens (tertiary/aromatic N) is 1. The first-order chi connectivity index (χ1) is 9.04. The van der Waals surface area contributed by atoms with E-state index < -0.39 is 0 Å². The van der Waals surface area contributed by atoms with Crippen molar-refractivity contribution in [2.24, 2.45) is 0 Å². The Bertz CT molecular complexity index is 619.